The molecule has 1 N–H and O–H groups in total. The molecule has 0 saturated heterocycles. The second-order valence-electron chi connectivity index (χ2n) is 3.71. The zero-order valence-corrected chi connectivity index (χ0v) is 10.3. The van der Waals surface area contributed by atoms with Gasteiger partial charge in [-0.3, -0.25) is 9.71 Å². The van der Waals surface area contributed by atoms with Crippen LogP contribution in [0.5, 0.6) is 5.75 Å². The molecule has 92 valence electrons. The molecule has 1 aromatic rings. The molecule has 5 nitrogen and oxygen atoms in total. The van der Waals surface area contributed by atoms with E-state index in [4.69, 9.17) is 4.74 Å². The minimum atomic E-state index is -3.51. The van der Waals surface area contributed by atoms with Gasteiger partial charge < -0.3 is 4.74 Å². The van der Waals surface area contributed by atoms with Crippen molar-refractivity contribution in [3.63, 3.8) is 0 Å². The third-order valence-corrected chi connectivity index (χ3v) is 3.89. The summed E-state index contributed by atoms with van der Waals surface area (Å²) in [6.45, 7) is 0.695. The topological polar surface area (TPSA) is 67.8 Å². The predicted octanol–water partition coefficient (Wildman–Crippen LogP) is 1.17. The van der Waals surface area contributed by atoms with E-state index in [0.717, 1.165) is 6.42 Å². The molecule has 1 aromatic carbocycles. The standard InChI is InChI=1S/C11H14N2O3S/c1-16-9-4-6-10(7-5-9)17(14,15)13-11-3-2-8-12-11/h4-7H,2-3,8H2,1H3,(H,12,13). The van der Waals surface area contributed by atoms with Gasteiger partial charge in [-0.1, -0.05) is 0 Å². The number of aliphatic imine (C=N–C) groups is 1. The van der Waals surface area contributed by atoms with E-state index in [2.05, 4.69) is 9.71 Å². The number of sulfonamides is 1. The Morgan fingerprint density at radius 1 is 1.29 bits per heavy atom. The summed E-state index contributed by atoms with van der Waals surface area (Å²) >= 11 is 0. The monoisotopic (exact) mass is 254 g/mol. The number of benzene rings is 1. The first-order chi connectivity index (χ1) is 8.12. The molecule has 0 bridgehead atoms. The molecule has 1 aliphatic rings. The van der Waals surface area contributed by atoms with Gasteiger partial charge in [-0.05, 0) is 30.7 Å². The maximum atomic E-state index is 12.0. The van der Waals surface area contributed by atoms with Crippen molar-refractivity contribution in [2.75, 3.05) is 13.7 Å². The average Bonchev–Trinajstić information content (AvgIpc) is 2.81. The summed E-state index contributed by atoms with van der Waals surface area (Å²) in [5, 5.41) is 0. The lowest BCUT2D eigenvalue weighted by molar-refractivity contribution is 0.414. The van der Waals surface area contributed by atoms with E-state index in [-0.39, 0.29) is 4.90 Å². The maximum Gasteiger partial charge on any atom is 0.262 e. The molecule has 0 unspecified atom stereocenters. The smallest absolute Gasteiger partial charge is 0.262 e. The van der Waals surface area contributed by atoms with Crippen LogP contribution < -0.4 is 9.46 Å². The molecule has 0 spiro atoms. The third kappa shape index (κ3) is 2.76. The molecule has 0 atom stereocenters. The van der Waals surface area contributed by atoms with Gasteiger partial charge in [0.2, 0.25) is 0 Å². The summed E-state index contributed by atoms with van der Waals surface area (Å²) in [6, 6.07) is 6.25. The van der Waals surface area contributed by atoms with Crippen LogP contribution in [0.3, 0.4) is 0 Å². The lowest BCUT2D eigenvalue weighted by atomic mass is 10.3. The largest absolute Gasteiger partial charge is 0.497 e. The number of methoxy groups -OCH3 is 1. The molecule has 0 radical (unpaired) electrons. The van der Waals surface area contributed by atoms with Crippen LogP contribution in [0.2, 0.25) is 0 Å². The average molecular weight is 254 g/mol. The zero-order valence-electron chi connectivity index (χ0n) is 9.51. The van der Waals surface area contributed by atoms with E-state index in [1.54, 1.807) is 12.1 Å². The SMILES string of the molecule is COc1ccc(S(=O)(=O)NC2=NCCC2)cc1. The number of nitrogens with zero attached hydrogens (tertiary/aromatic N) is 1. The highest BCUT2D eigenvalue weighted by molar-refractivity contribution is 7.90. The van der Waals surface area contributed by atoms with Gasteiger partial charge in [0.15, 0.2) is 0 Å². The number of hydrogen-bond donors (Lipinski definition) is 1. The Morgan fingerprint density at radius 3 is 2.53 bits per heavy atom. The van der Waals surface area contributed by atoms with Gasteiger partial charge in [0, 0.05) is 13.0 Å². The van der Waals surface area contributed by atoms with Crippen LogP contribution in [0.4, 0.5) is 0 Å². The molecular weight excluding hydrogens is 240 g/mol. The molecule has 1 aliphatic heterocycles. The summed E-state index contributed by atoms with van der Waals surface area (Å²) in [7, 11) is -1.97. The Hall–Kier alpha value is -1.56. The van der Waals surface area contributed by atoms with Crippen molar-refractivity contribution in [2.45, 2.75) is 17.7 Å². The van der Waals surface area contributed by atoms with Gasteiger partial charge in [0.05, 0.1) is 12.0 Å². The zero-order chi connectivity index (χ0) is 12.3. The predicted molar refractivity (Wildman–Crippen MR) is 64.9 cm³/mol. The third-order valence-electron chi connectivity index (χ3n) is 2.50. The van der Waals surface area contributed by atoms with Gasteiger partial charge in [-0.2, -0.15) is 0 Å². The first-order valence-corrected chi connectivity index (χ1v) is 6.80. The van der Waals surface area contributed by atoms with Gasteiger partial charge in [0.25, 0.3) is 10.0 Å². The highest BCUT2D eigenvalue weighted by Crippen LogP contribution is 2.16. The number of ether oxygens (including phenoxy) is 1. The molecule has 1 heterocycles. The Bertz CT molecular complexity index is 520. The van der Waals surface area contributed by atoms with Crippen molar-refractivity contribution < 1.29 is 13.2 Å². The molecule has 0 aliphatic carbocycles. The van der Waals surface area contributed by atoms with Crippen molar-refractivity contribution >= 4 is 15.9 Å². The molecule has 6 heteroatoms. The molecule has 0 saturated carbocycles. The van der Waals surface area contributed by atoms with Crippen molar-refractivity contribution in [1.29, 1.82) is 0 Å². The summed E-state index contributed by atoms with van der Waals surface area (Å²) in [5.41, 5.74) is 0. The fourth-order valence-corrected chi connectivity index (χ4v) is 2.68. The molecule has 0 amide bonds. The molecule has 17 heavy (non-hydrogen) atoms. The normalized spacial score (nSPS) is 15.5. The van der Waals surface area contributed by atoms with Gasteiger partial charge in [-0.15, -0.1) is 0 Å². The Labute approximate surface area is 101 Å². The Kier molecular flexibility index (Phi) is 3.33. The van der Waals surface area contributed by atoms with Crippen LogP contribution in [0, 0.1) is 0 Å². The summed E-state index contributed by atoms with van der Waals surface area (Å²) < 4.78 is 31.4. The van der Waals surface area contributed by atoms with Crippen LogP contribution in [0.25, 0.3) is 0 Å². The first kappa shape index (κ1) is 11.9. The quantitative estimate of drug-likeness (QED) is 0.880. The fourth-order valence-electron chi connectivity index (χ4n) is 1.59. The lowest BCUT2D eigenvalue weighted by Gasteiger charge is -2.07. The van der Waals surface area contributed by atoms with Crippen molar-refractivity contribution in [3.8, 4) is 5.75 Å². The van der Waals surface area contributed by atoms with E-state index in [9.17, 15) is 8.42 Å². The van der Waals surface area contributed by atoms with E-state index in [0.29, 0.717) is 24.6 Å². The van der Waals surface area contributed by atoms with Crippen LogP contribution >= 0.6 is 0 Å². The highest BCUT2D eigenvalue weighted by Gasteiger charge is 2.17. The van der Waals surface area contributed by atoms with Crippen LogP contribution in [0.15, 0.2) is 34.2 Å². The number of hydrogen-bond acceptors (Lipinski definition) is 4. The van der Waals surface area contributed by atoms with Crippen LogP contribution in [-0.2, 0) is 10.0 Å². The van der Waals surface area contributed by atoms with E-state index in [1.165, 1.54) is 19.2 Å². The number of nitrogens with one attached hydrogen (secondary N) is 1. The Morgan fingerprint density at radius 2 is 2.00 bits per heavy atom. The molecular formula is C11H14N2O3S. The van der Waals surface area contributed by atoms with E-state index >= 15 is 0 Å². The van der Waals surface area contributed by atoms with Crippen molar-refractivity contribution in [3.05, 3.63) is 24.3 Å². The summed E-state index contributed by atoms with van der Waals surface area (Å²) in [5.74, 6) is 1.17. The number of amidine groups is 1. The molecule has 2 rings (SSSR count). The summed E-state index contributed by atoms with van der Waals surface area (Å²) in [4.78, 5) is 4.30. The second-order valence-corrected chi connectivity index (χ2v) is 5.40. The van der Waals surface area contributed by atoms with Gasteiger partial charge >= 0.3 is 0 Å². The van der Waals surface area contributed by atoms with Crippen LogP contribution in [-0.4, -0.2) is 27.9 Å². The first-order valence-electron chi connectivity index (χ1n) is 5.32. The van der Waals surface area contributed by atoms with Crippen LogP contribution in [0.1, 0.15) is 12.8 Å². The van der Waals surface area contributed by atoms with Gasteiger partial charge in [-0.25, -0.2) is 8.42 Å². The summed E-state index contributed by atoms with van der Waals surface area (Å²) in [6.07, 6.45) is 1.59. The maximum absolute atomic E-state index is 12.0. The van der Waals surface area contributed by atoms with E-state index in [1.807, 2.05) is 0 Å². The number of rotatable bonds is 3. The van der Waals surface area contributed by atoms with Crippen molar-refractivity contribution in [2.24, 2.45) is 4.99 Å². The molecule has 0 aromatic heterocycles. The Balaban J connectivity index is 2.18. The molecule has 0 fully saturated rings. The lowest BCUT2D eigenvalue weighted by Crippen LogP contribution is -2.29. The fraction of sp³-hybridized carbons (Fsp3) is 0.364. The van der Waals surface area contributed by atoms with Crippen molar-refractivity contribution in [1.82, 2.24) is 4.72 Å². The minimum absolute atomic E-state index is 0.216. The van der Waals surface area contributed by atoms with Gasteiger partial charge in [0.1, 0.15) is 11.6 Å². The second kappa shape index (κ2) is 4.75. The van der Waals surface area contributed by atoms with E-state index < -0.39 is 10.0 Å². The highest BCUT2D eigenvalue weighted by atomic mass is 32.2. The minimum Gasteiger partial charge on any atom is -0.497 e.